The van der Waals surface area contributed by atoms with Gasteiger partial charge in [0.2, 0.25) is 17.6 Å². The number of nitrogens with zero attached hydrogens (tertiary/aromatic N) is 3. The van der Waals surface area contributed by atoms with Crippen LogP contribution in [0, 0.1) is 0 Å². The first-order valence-electron chi connectivity index (χ1n) is 7.66. The number of hydrogen-bond donors (Lipinski definition) is 0. The van der Waals surface area contributed by atoms with E-state index in [4.69, 9.17) is 16.1 Å². The number of carbonyl (C=O) groups is 1. The van der Waals surface area contributed by atoms with Gasteiger partial charge in [0.1, 0.15) is 0 Å². The van der Waals surface area contributed by atoms with Crippen LogP contribution in [0.5, 0.6) is 0 Å². The molecule has 0 bridgehead atoms. The summed E-state index contributed by atoms with van der Waals surface area (Å²) < 4.78 is 5.39. The summed E-state index contributed by atoms with van der Waals surface area (Å²) in [6.45, 7) is 0.485. The summed E-state index contributed by atoms with van der Waals surface area (Å²) in [5, 5.41) is 4.59. The molecule has 1 fully saturated rings. The van der Waals surface area contributed by atoms with Crippen molar-refractivity contribution in [1.82, 2.24) is 10.1 Å². The van der Waals surface area contributed by atoms with Crippen molar-refractivity contribution in [2.24, 2.45) is 0 Å². The Balaban J connectivity index is 1.58. The first-order valence-corrected chi connectivity index (χ1v) is 8.04. The van der Waals surface area contributed by atoms with Gasteiger partial charge in [0.25, 0.3) is 0 Å². The molecule has 0 aliphatic carbocycles. The van der Waals surface area contributed by atoms with Crippen molar-refractivity contribution >= 4 is 23.2 Å². The third-order valence-corrected chi connectivity index (χ3v) is 4.41. The Hall–Kier alpha value is -2.66. The molecule has 120 valence electrons. The highest BCUT2D eigenvalue weighted by atomic mass is 35.5. The van der Waals surface area contributed by atoms with Gasteiger partial charge < -0.3 is 9.42 Å². The molecule has 0 saturated carbocycles. The number of amides is 1. The van der Waals surface area contributed by atoms with Crippen molar-refractivity contribution in [1.29, 1.82) is 0 Å². The fourth-order valence-electron chi connectivity index (χ4n) is 2.88. The van der Waals surface area contributed by atoms with Crippen LogP contribution < -0.4 is 4.90 Å². The van der Waals surface area contributed by atoms with Gasteiger partial charge in [-0.05, 0) is 12.1 Å². The van der Waals surface area contributed by atoms with E-state index in [-0.39, 0.29) is 11.8 Å². The molecule has 1 aliphatic rings. The number of aromatic nitrogens is 2. The Bertz CT molecular complexity index is 879. The standard InChI is InChI=1S/C18H14ClN3O2/c19-14-8-4-5-9-15(14)22-11-13(10-16(22)23)18-20-17(21-24-18)12-6-2-1-3-7-12/h1-9,13H,10-11H2/t13-/m0/s1. The number of hydrogen-bond acceptors (Lipinski definition) is 4. The van der Waals surface area contributed by atoms with Crippen molar-refractivity contribution in [3.8, 4) is 11.4 Å². The molecule has 1 atom stereocenters. The molecule has 24 heavy (non-hydrogen) atoms. The number of benzene rings is 2. The van der Waals surface area contributed by atoms with Gasteiger partial charge >= 0.3 is 0 Å². The Morgan fingerprint density at radius 1 is 1.08 bits per heavy atom. The van der Waals surface area contributed by atoms with Crippen molar-refractivity contribution < 1.29 is 9.32 Å². The first kappa shape index (κ1) is 14.9. The second-order valence-electron chi connectivity index (χ2n) is 5.68. The van der Waals surface area contributed by atoms with Gasteiger partial charge in [0, 0.05) is 18.5 Å². The molecule has 2 heterocycles. The van der Waals surface area contributed by atoms with E-state index >= 15 is 0 Å². The summed E-state index contributed by atoms with van der Waals surface area (Å²) in [6, 6.07) is 16.9. The summed E-state index contributed by atoms with van der Waals surface area (Å²) in [7, 11) is 0. The number of anilines is 1. The molecule has 1 saturated heterocycles. The zero-order chi connectivity index (χ0) is 16.5. The van der Waals surface area contributed by atoms with Gasteiger partial charge in [-0.25, -0.2) is 0 Å². The molecule has 3 aromatic rings. The molecule has 0 spiro atoms. The van der Waals surface area contributed by atoms with Crippen LogP contribution in [0.15, 0.2) is 59.1 Å². The van der Waals surface area contributed by atoms with Gasteiger partial charge in [0.15, 0.2) is 0 Å². The molecule has 5 nitrogen and oxygen atoms in total. The Labute approximate surface area is 143 Å². The molecule has 6 heteroatoms. The lowest BCUT2D eigenvalue weighted by Gasteiger charge is -2.17. The van der Waals surface area contributed by atoms with Crippen LogP contribution >= 0.6 is 11.6 Å². The van der Waals surface area contributed by atoms with E-state index in [0.717, 1.165) is 11.3 Å². The van der Waals surface area contributed by atoms with Gasteiger partial charge in [-0.2, -0.15) is 4.98 Å². The minimum Gasteiger partial charge on any atom is -0.339 e. The maximum Gasteiger partial charge on any atom is 0.232 e. The molecule has 0 unspecified atom stereocenters. The van der Waals surface area contributed by atoms with Gasteiger partial charge in [-0.1, -0.05) is 59.2 Å². The molecule has 0 radical (unpaired) electrons. The molecule has 1 aromatic heterocycles. The highest BCUT2D eigenvalue weighted by Crippen LogP contribution is 2.35. The molecular formula is C18H14ClN3O2. The summed E-state index contributed by atoms with van der Waals surface area (Å²) in [6.07, 6.45) is 0.335. The monoisotopic (exact) mass is 339 g/mol. The number of halogens is 1. The molecular weight excluding hydrogens is 326 g/mol. The third kappa shape index (κ3) is 2.67. The van der Waals surface area contributed by atoms with Crippen LogP contribution in [0.4, 0.5) is 5.69 Å². The van der Waals surface area contributed by atoms with Crippen molar-refractivity contribution in [3.05, 3.63) is 65.5 Å². The lowest BCUT2D eigenvalue weighted by Crippen LogP contribution is -2.24. The largest absolute Gasteiger partial charge is 0.339 e. The normalized spacial score (nSPS) is 17.5. The highest BCUT2D eigenvalue weighted by Gasteiger charge is 2.35. The Morgan fingerprint density at radius 2 is 1.83 bits per heavy atom. The maximum atomic E-state index is 12.4. The lowest BCUT2D eigenvalue weighted by atomic mass is 10.1. The summed E-state index contributed by atoms with van der Waals surface area (Å²) >= 11 is 6.20. The van der Waals surface area contributed by atoms with Crippen LogP contribution in [0.25, 0.3) is 11.4 Å². The summed E-state index contributed by atoms with van der Waals surface area (Å²) in [5.41, 5.74) is 1.61. The summed E-state index contributed by atoms with van der Waals surface area (Å²) in [4.78, 5) is 18.5. The molecule has 1 aliphatic heterocycles. The fourth-order valence-corrected chi connectivity index (χ4v) is 3.12. The Morgan fingerprint density at radius 3 is 2.62 bits per heavy atom. The average Bonchev–Trinajstić information content (AvgIpc) is 3.23. The maximum absolute atomic E-state index is 12.4. The van der Waals surface area contributed by atoms with Gasteiger partial charge in [0.05, 0.1) is 16.6 Å². The van der Waals surface area contributed by atoms with Crippen molar-refractivity contribution in [3.63, 3.8) is 0 Å². The number of rotatable bonds is 3. The van der Waals surface area contributed by atoms with Crippen LogP contribution in [-0.4, -0.2) is 22.6 Å². The second kappa shape index (κ2) is 6.09. The van der Waals surface area contributed by atoms with E-state index in [0.29, 0.717) is 29.7 Å². The summed E-state index contributed by atoms with van der Waals surface area (Å²) in [5.74, 6) is 0.900. The highest BCUT2D eigenvalue weighted by molar-refractivity contribution is 6.33. The molecule has 1 amide bonds. The topological polar surface area (TPSA) is 59.2 Å². The van der Waals surface area contributed by atoms with E-state index < -0.39 is 0 Å². The average molecular weight is 340 g/mol. The van der Waals surface area contributed by atoms with E-state index in [9.17, 15) is 4.79 Å². The van der Waals surface area contributed by atoms with Crippen LogP contribution in [0.3, 0.4) is 0 Å². The minimum atomic E-state index is -0.126. The minimum absolute atomic E-state index is 0.00700. The van der Waals surface area contributed by atoms with Crippen LogP contribution in [-0.2, 0) is 4.79 Å². The zero-order valence-corrected chi connectivity index (χ0v) is 13.5. The predicted molar refractivity (Wildman–Crippen MR) is 90.9 cm³/mol. The second-order valence-corrected chi connectivity index (χ2v) is 6.09. The van der Waals surface area contributed by atoms with Gasteiger partial charge in [-0.3, -0.25) is 4.79 Å². The third-order valence-electron chi connectivity index (χ3n) is 4.09. The first-order chi connectivity index (χ1) is 11.7. The van der Waals surface area contributed by atoms with E-state index in [1.54, 1.807) is 11.0 Å². The molecule has 4 rings (SSSR count). The van der Waals surface area contributed by atoms with E-state index in [1.807, 2.05) is 48.5 Å². The predicted octanol–water partition coefficient (Wildman–Crippen LogP) is 3.91. The van der Waals surface area contributed by atoms with Gasteiger partial charge in [-0.15, -0.1) is 0 Å². The van der Waals surface area contributed by atoms with E-state index in [1.165, 1.54) is 0 Å². The van der Waals surface area contributed by atoms with Crippen LogP contribution in [0.1, 0.15) is 18.2 Å². The molecule has 0 N–H and O–H groups in total. The number of para-hydroxylation sites is 1. The lowest BCUT2D eigenvalue weighted by molar-refractivity contribution is -0.117. The molecule has 2 aromatic carbocycles. The van der Waals surface area contributed by atoms with Crippen molar-refractivity contribution in [2.75, 3.05) is 11.4 Å². The van der Waals surface area contributed by atoms with E-state index in [2.05, 4.69) is 10.1 Å². The van der Waals surface area contributed by atoms with Crippen molar-refractivity contribution in [2.45, 2.75) is 12.3 Å². The quantitative estimate of drug-likeness (QED) is 0.726. The smallest absolute Gasteiger partial charge is 0.232 e. The zero-order valence-electron chi connectivity index (χ0n) is 12.7. The Kier molecular flexibility index (Phi) is 3.78. The van der Waals surface area contributed by atoms with Crippen LogP contribution in [0.2, 0.25) is 5.02 Å². The fraction of sp³-hybridized carbons (Fsp3) is 0.167. The SMILES string of the molecule is O=C1C[C@H](c2nc(-c3ccccc3)no2)CN1c1ccccc1Cl. The number of carbonyl (C=O) groups excluding carboxylic acids is 1.